The molecule has 0 aliphatic rings. The average molecular weight is 210 g/mol. The maximum Gasteiger partial charge on any atom is 0.159 e. The minimum Gasteiger partial charge on any atom is -0.356 e. The Morgan fingerprint density at radius 2 is 1.60 bits per heavy atom. The van der Waals surface area contributed by atoms with Crippen LogP contribution < -0.4 is 0 Å². The number of hydrogen-bond donors (Lipinski definition) is 0. The second kappa shape index (κ2) is 8.15. The molecule has 0 fully saturated rings. The van der Waals surface area contributed by atoms with E-state index in [4.69, 9.17) is 0 Å². The fourth-order valence-electron chi connectivity index (χ4n) is 0.769. The number of carbonyl (C=O) groups excluding carboxylic acids is 1. The molecule has 0 aliphatic carbocycles. The van der Waals surface area contributed by atoms with Crippen molar-refractivity contribution in [3.05, 3.63) is 35.9 Å². The summed E-state index contributed by atoms with van der Waals surface area (Å²) in [5.41, 5.74) is 0.775. The van der Waals surface area contributed by atoms with Gasteiger partial charge in [-0.15, -0.1) is 0 Å². The summed E-state index contributed by atoms with van der Waals surface area (Å²) >= 11 is 0. The lowest BCUT2D eigenvalue weighted by molar-refractivity contribution is -0.0877. The summed E-state index contributed by atoms with van der Waals surface area (Å²) < 4.78 is 9.35. The molecule has 0 atom stereocenters. The molecular weight excluding hydrogens is 192 g/mol. The van der Waals surface area contributed by atoms with Gasteiger partial charge in [0.05, 0.1) is 0 Å². The van der Waals surface area contributed by atoms with E-state index in [1.165, 1.54) is 0 Å². The van der Waals surface area contributed by atoms with Gasteiger partial charge in [0.15, 0.2) is 12.1 Å². The van der Waals surface area contributed by atoms with Crippen LogP contribution in [0.2, 0.25) is 0 Å². The Hall–Kier alpha value is -1.19. The zero-order valence-corrected chi connectivity index (χ0v) is 9.69. The molecular formula is C12H18O3. The highest BCUT2D eigenvalue weighted by molar-refractivity contribution is 5.93. The van der Waals surface area contributed by atoms with E-state index in [-0.39, 0.29) is 12.1 Å². The van der Waals surface area contributed by atoms with Crippen molar-refractivity contribution in [1.29, 1.82) is 0 Å². The number of benzene rings is 1. The molecule has 15 heavy (non-hydrogen) atoms. The molecule has 0 saturated heterocycles. The van der Waals surface area contributed by atoms with Gasteiger partial charge in [0.1, 0.15) is 0 Å². The minimum absolute atomic E-state index is 0.0648. The van der Waals surface area contributed by atoms with Crippen LogP contribution in [0.4, 0.5) is 0 Å². The summed E-state index contributed by atoms with van der Waals surface area (Å²) in [5, 5.41) is 0. The van der Waals surface area contributed by atoms with E-state index in [1.807, 2.05) is 37.3 Å². The second-order valence-corrected chi connectivity index (χ2v) is 2.96. The summed E-state index contributed by atoms with van der Waals surface area (Å²) in [5.74, 6) is 0.121. The zero-order chi connectivity index (χ0) is 11.7. The number of rotatable bonds is 3. The Kier molecular flexibility index (Phi) is 7.50. The van der Waals surface area contributed by atoms with Gasteiger partial charge in [-0.25, -0.2) is 0 Å². The molecule has 3 heteroatoms. The van der Waals surface area contributed by atoms with Crippen LogP contribution in [-0.4, -0.2) is 26.3 Å². The van der Waals surface area contributed by atoms with Gasteiger partial charge < -0.3 is 9.47 Å². The van der Waals surface area contributed by atoms with Crippen molar-refractivity contribution in [2.75, 3.05) is 14.2 Å². The Morgan fingerprint density at radius 1 is 1.13 bits per heavy atom. The summed E-state index contributed by atoms with van der Waals surface area (Å²) in [6, 6.07) is 9.23. The van der Waals surface area contributed by atoms with E-state index < -0.39 is 0 Å². The van der Waals surface area contributed by atoms with Crippen molar-refractivity contribution in [1.82, 2.24) is 0 Å². The van der Waals surface area contributed by atoms with Crippen molar-refractivity contribution in [2.45, 2.75) is 20.1 Å². The molecule has 1 aromatic rings. The lowest BCUT2D eigenvalue weighted by Gasteiger charge is -2.03. The van der Waals surface area contributed by atoms with E-state index in [1.54, 1.807) is 21.1 Å². The van der Waals surface area contributed by atoms with Crippen LogP contribution in [0.25, 0.3) is 0 Å². The van der Waals surface area contributed by atoms with E-state index >= 15 is 0 Å². The topological polar surface area (TPSA) is 35.5 Å². The predicted molar refractivity (Wildman–Crippen MR) is 59.9 cm³/mol. The van der Waals surface area contributed by atoms with Gasteiger partial charge in [-0.3, -0.25) is 4.79 Å². The molecule has 0 aromatic heterocycles. The van der Waals surface area contributed by atoms with Crippen LogP contribution in [0.1, 0.15) is 24.2 Å². The van der Waals surface area contributed by atoms with Gasteiger partial charge >= 0.3 is 0 Å². The largest absolute Gasteiger partial charge is 0.356 e. The third-order valence-electron chi connectivity index (χ3n) is 1.84. The quantitative estimate of drug-likeness (QED) is 0.568. The molecule has 1 aromatic carbocycles. The maximum atomic E-state index is 10.6. The summed E-state index contributed by atoms with van der Waals surface area (Å²) in [6.45, 7) is 3.40. The molecule has 1 rings (SSSR count). The van der Waals surface area contributed by atoms with Crippen LogP contribution >= 0.6 is 0 Å². The third kappa shape index (κ3) is 6.82. The smallest absolute Gasteiger partial charge is 0.159 e. The first kappa shape index (κ1) is 13.8. The number of carbonyl (C=O) groups is 1. The highest BCUT2D eigenvalue weighted by Gasteiger charge is 1.92. The third-order valence-corrected chi connectivity index (χ3v) is 1.84. The molecule has 0 amide bonds. The number of Topliss-reactive ketones (excluding diaryl/α,β-unsaturated/α-hetero) is 1. The lowest BCUT2D eigenvalue weighted by atomic mass is 10.2. The van der Waals surface area contributed by atoms with Crippen LogP contribution in [0.15, 0.2) is 30.3 Å². The van der Waals surface area contributed by atoms with Crippen molar-refractivity contribution >= 4 is 5.78 Å². The van der Waals surface area contributed by atoms with E-state index in [0.717, 1.165) is 5.56 Å². The maximum absolute atomic E-state index is 10.6. The van der Waals surface area contributed by atoms with Crippen molar-refractivity contribution in [3.8, 4) is 0 Å². The highest BCUT2D eigenvalue weighted by atomic mass is 16.7. The van der Waals surface area contributed by atoms with E-state index in [2.05, 4.69) is 9.47 Å². The summed E-state index contributed by atoms with van der Waals surface area (Å²) in [6.07, 6.45) is -0.0648. The number of ketones is 1. The first-order chi connectivity index (χ1) is 7.11. The van der Waals surface area contributed by atoms with Gasteiger partial charge in [-0.05, 0) is 13.8 Å². The SMILES string of the molecule is CC(=O)c1ccccc1.COC(C)OC. The van der Waals surface area contributed by atoms with E-state index in [9.17, 15) is 4.79 Å². The Labute approximate surface area is 91.0 Å². The van der Waals surface area contributed by atoms with E-state index in [0.29, 0.717) is 0 Å². The molecule has 0 radical (unpaired) electrons. The summed E-state index contributed by atoms with van der Waals surface area (Å²) in [4.78, 5) is 10.6. The molecule has 0 unspecified atom stereocenters. The molecule has 0 heterocycles. The average Bonchev–Trinajstić information content (AvgIpc) is 2.30. The predicted octanol–water partition coefficient (Wildman–Crippen LogP) is 2.51. The first-order valence-electron chi connectivity index (χ1n) is 4.73. The van der Waals surface area contributed by atoms with Crippen molar-refractivity contribution in [3.63, 3.8) is 0 Å². The zero-order valence-electron chi connectivity index (χ0n) is 9.69. The van der Waals surface area contributed by atoms with Gasteiger partial charge in [-0.2, -0.15) is 0 Å². The minimum atomic E-state index is -0.0648. The van der Waals surface area contributed by atoms with Crippen LogP contribution in [-0.2, 0) is 9.47 Å². The fraction of sp³-hybridized carbons (Fsp3) is 0.417. The normalized spacial score (nSPS) is 9.40. The van der Waals surface area contributed by atoms with Crippen molar-refractivity contribution < 1.29 is 14.3 Å². The van der Waals surface area contributed by atoms with Gasteiger partial charge in [0.25, 0.3) is 0 Å². The second-order valence-electron chi connectivity index (χ2n) is 2.96. The molecule has 0 bridgehead atoms. The molecule has 0 N–H and O–H groups in total. The Balaban J connectivity index is 0.000000288. The van der Waals surface area contributed by atoms with Crippen LogP contribution in [0.5, 0.6) is 0 Å². The van der Waals surface area contributed by atoms with Crippen molar-refractivity contribution in [2.24, 2.45) is 0 Å². The number of methoxy groups -OCH3 is 2. The first-order valence-corrected chi connectivity index (χ1v) is 4.73. The molecule has 84 valence electrons. The molecule has 0 saturated carbocycles. The fourth-order valence-corrected chi connectivity index (χ4v) is 0.769. The van der Waals surface area contributed by atoms with Gasteiger partial charge in [-0.1, -0.05) is 30.3 Å². The molecule has 0 aliphatic heterocycles. The number of ether oxygens (including phenoxy) is 2. The van der Waals surface area contributed by atoms with Gasteiger partial charge in [0, 0.05) is 19.8 Å². The molecule has 3 nitrogen and oxygen atoms in total. The highest BCUT2D eigenvalue weighted by Crippen LogP contribution is 1.97. The molecule has 0 spiro atoms. The summed E-state index contributed by atoms with van der Waals surface area (Å²) in [7, 11) is 3.21. The van der Waals surface area contributed by atoms with Crippen LogP contribution in [0, 0.1) is 0 Å². The standard InChI is InChI=1S/C8H8O.C4H10O2/c1-7(9)8-5-3-2-4-6-8;1-4(5-2)6-3/h2-6H,1H3;4H,1-3H3. The van der Waals surface area contributed by atoms with Crippen LogP contribution in [0.3, 0.4) is 0 Å². The van der Waals surface area contributed by atoms with Gasteiger partial charge in [0.2, 0.25) is 0 Å². The monoisotopic (exact) mass is 210 g/mol. The Morgan fingerprint density at radius 3 is 1.80 bits per heavy atom. The lowest BCUT2D eigenvalue weighted by Crippen LogP contribution is -2.05. The number of hydrogen-bond acceptors (Lipinski definition) is 3. The Bertz CT molecular complexity index is 265.